The maximum absolute atomic E-state index is 12.9. The van der Waals surface area contributed by atoms with Gasteiger partial charge in [-0.1, -0.05) is 42.5 Å². The first-order valence-electron chi connectivity index (χ1n) is 9.54. The Hall–Kier alpha value is -2.92. The van der Waals surface area contributed by atoms with Crippen LogP contribution >= 0.6 is 0 Å². The van der Waals surface area contributed by atoms with Crippen molar-refractivity contribution in [3.8, 4) is 5.69 Å². The fourth-order valence-corrected chi connectivity index (χ4v) is 3.22. The van der Waals surface area contributed by atoms with Crippen LogP contribution in [0, 0.1) is 6.92 Å². The normalized spacial score (nSPS) is 12.2. The lowest BCUT2D eigenvalue weighted by Gasteiger charge is -2.28. The molecule has 28 heavy (non-hydrogen) atoms. The van der Waals surface area contributed by atoms with Crippen molar-refractivity contribution in [1.82, 2.24) is 19.6 Å². The van der Waals surface area contributed by atoms with E-state index in [2.05, 4.69) is 29.1 Å². The fourth-order valence-electron chi connectivity index (χ4n) is 3.22. The van der Waals surface area contributed by atoms with E-state index < -0.39 is 0 Å². The molecule has 5 nitrogen and oxygen atoms in total. The lowest BCUT2D eigenvalue weighted by Crippen LogP contribution is -2.43. The molecule has 0 aliphatic carbocycles. The molecule has 0 fully saturated rings. The number of amides is 1. The largest absolute Gasteiger partial charge is 0.340 e. The minimum absolute atomic E-state index is 0.112. The van der Waals surface area contributed by atoms with E-state index >= 15 is 0 Å². The number of aromatic nitrogens is 2. The number of benzene rings is 2. The molecule has 0 N–H and O–H groups in total. The number of carbonyl (C=O) groups is 1. The Bertz CT molecular complexity index is 919. The highest BCUT2D eigenvalue weighted by atomic mass is 16.2. The number of aryl methyl sites for hydroxylation is 1. The fraction of sp³-hybridized carbons (Fsp3) is 0.304. The number of rotatable bonds is 7. The summed E-state index contributed by atoms with van der Waals surface area (Å²) in [5.41, 5.74) is 4.49. The van der Waals surface area contributed by atoms with E-state index in [1.807, 2.05) is 80.6 Å². The molecule has 3 rings (SSSR count). The molecule has 1 aromatic heterocycles. The molecule has 3 aromatic rings. The molecule has 0 aliphatic heterocycles. The van der Waals surface area contributed by atoms with E-state index in [0.717, 1.165) is 11.3 Å². The second-order valence-electron chi connectivity index (χ2n) is 7.34. The molecule has 0 saturated heterocycles. The van der Waals surface area contributed by atoms with Crippen LogP contribution in [0.5, 0.6) is 0 Å². The quantitative estimate of drug-likeness (QED) is 0.632. The van der Waals surface area contributed by atoms with Crippen LogP contribution in [0.15, 0.2) is 67.0 Å². The molecular weight excluding hydrogens is 348 g/mol. The average Bonchev–Trinajstić information content (AvgIpc) is 3.17. The summed E-state index contributed by atoms with van der Waals surface area (Å²) in [5, 5.41) is 4.44. The first kappa shape index (κ1) is 19.8. The second kappa shape index (κ2) is 8.85. The van der Waals surface area contributed by atoms with Gasteiger partial charge in [-0.3, -0.25) is 9.69 Å². The summed E-state index contributed by atoms with van der Waals surface area (Å²) in [4.78, 5) is 16.7. The van der Waals surface area contributed by atoms with Crippen molar-refractivity contribution in [3.63, 3.8) is 0 Å². The summed E-state index contributed by atoms with van der Waals surface area (Å²) in [5.74, 6) is 0.112. The number of carbonyl (C=O) groups excluding carboxylic acids is 1. The van der Waals surface area contributed by atoms with Crippen LogP contribution in [0.25, 0.3) is 5.69 Å². The lowest BCUT2D eigenvalue weighted by atomic mass is 10.1. The average molecular weight is 377 g/mol. The van der Waals surface area contributed by atoms with Crippen LogP contribution in [0.3, 0.4) is 0 Å². The van der Waals surface area contributed by atoms with Crippen LogP contribution in [-0.2, 0) is 17.9 Å². The predicted octanol–water partition coefficient (Wildman–Crippen LogP) is 3.66. The van der Waals surface area contributed by atoms with Crippen molar-refractivity contribution < 1.29 is 4.79 Å². The van der Waals surface area contributed by atoms with Gasteiger partial charge in [0.25, 0.3) is 0 Å². The Balaban J connectivity index is 1.61. The molecule has 0 spiro atoms. The van der Waals surface area contributed by atoms with Gasteiger partial charge in [-0.2, -0.15) is 5.10 Å². The van der Waals surface area contributed by atoms with Gasteiger partial charge in [0.1, 0.15) is 0 Å². The van der Waals surface area contributed by atoms with Crippen molar-refractivity contribution in [1.29, 1.82) is 0 Å². The third-order valence-electron chi connectivity index (χ3n) is 5.15. The molecule has 1 amide bonds. The van der Waals surface area contributed by atoms with Gasteiger partial charge in [0.05, 0.1) is 17.9 Å². The molecular formula is C23H28N4O. The van der Waals surface area contributed by atoms with E-state index in [1.54, 1.807) is 4.90 Å². The number of hydrogen-bond donors (Lipinski definition) is 0. The van der Waals surface area contributed by atoms with Crippen molar-refractivity contribution >= 4 is 5.91 Å². The van der Waals surface area contributed by atoms with Gasteiger partial charge in [0.2, 0.25) is 5.91 Å². The highest BCUT2D eigenvalue weighted by Gasteiger charge is 2.22. The van der Waals surface area contributed by atoms with Crippen LogP contribution in [0.2, 0.25) is 0 Å². The Labute approximate surface area is 167 Å². The third kappa shape index (κ3) is 4.67. The molecule has 0 radical (unpaired) electrons. The number of nitrogens with zero attached hydrogens (tertiary/aromatic N) is 4. The lowest BCUT2D eigenvalue weighted by molar-refractivity contribution is -0.135. The molecule has 0 saturated carbocycles. The van der Waals surface area contributed by atoms with Gasteiger partial charge >= 0.3 is 0 Å². The van der Waals surface area contributed by atoms with Crippen molar-refractivity contribution in [3.05, 3.63) is 83.7 Å². The van der Waals surface area contributed by atoms with Gasteiger partial charge in [0, 0.05) is 31.9 Å². The highest BCUT2D eigenvalue weighted by molar-refractivity contribution is 5.81. The van der Waals surface area contributed by atoms with Gasteiger partial charge < -0.3 is 4.90 Å². The number of likely N-dealkylation sites (N-methyl/N-ethyl adjacent to an activating group) is 2. The van der Waals surface area contributed by atoms with Gasteiger partial charge in [0.15, 0.2) is 0 Å². The Morgan fingerprint density at radius 3 is 2.43 bits per heavy atom. The van der Waals surface area contributed by atoms with Crippen LogP contribution in [0.1, 0.15) is 23.6 Å². The summed E-state index contributed by atoms with van der Waals surface area (Å²) >= 11 is 0. The maximum Gasteiger partial charge on any atom is 0.239 e. The molecule has 0 aliphatic rings. The molecule has 1 unspecified atom stereocenters. The maximum atomic E-state index is 12.9. The van der Waals surface area contributed by atoms with Gasteiger partial charge in [-0.15, -0.1) is 0 Å². The van der Waals surface area contributed by atoms with Gasteiger partial charge in [-0.05, 0) is 44.2 Å². The first-order valence-corrected chi connectivity index (χ1v) is 9.54. The SMILES string of the molecule is Cc1ccccc1CN(C)C(=O)C(C)N(C)Cc1cnn(-c2ccccc2)c1. The second-order valence-corrected chi connectivity index (χ2v) is 7.34. The summed E-state index contributed by atoms with van der Waals surface area (Å²) in [7, 11) is 3.84. The summed E-state index contributed by atoms with van der Waals surface area (Å²) in [6, 6.07) is 18.0. The summed E-state index contributed by atoms with van der Waals surface area (Å²) in [6.45, 7) is 5.32. The van der Waals surface area contributed by atoms with E-state index in [1.165, 1.54) is 11.1 Å². The molecule has 5 heteroatoms. The van der Waals surface area contributed by atoms with Crippen molar-refractivity contribution in [2.45, 2.75) is 33.0 Å². The van der Waals surface area contributed by atoms with Crippen LogP contribution < -0.4 is 0 Å². The standard InChI is InChI=1S/C23H28N4O/c1-18-10-8-9-11-21(18)17-26(4)23(28)19(2)25(3)15-20-14-24-27(16-20)22-12-6-5-7-13-22/h5-14,16,19H,15,17H2,1-4H3. The monoisotopic (exact) mass is 376 g/mol. The van der Waals surface area contributed by atoms with E-state index in [9.17, 15) is 4.79 Å². The van der Waals surface area contributed by atoms with E-state index in [-0.39, 0.29) is 11.9 Å². The molecule has 1 atom stereocenters. The smallest absolute Gasteiger partial charge is 0.239 e. The Kier molecular flexibility index (Phi) is 6.26. The van der Waals surface area contributed by atoms with Crippen molar-refractivity contribution in [2.75, 3.05) is 14.1 Å². The van der Waals surface area contributed by atoms with E-state index in [0.29, 0.717) is 13.1 Å². The van der Waals surface area contributed by atoms with Crippen LogP contribution in [-0.4, -0.2) is 45.6 Å². The molecule has 146 valence electrons. The zero-order valence-corrected chi connectivity index (χ0v) is 17.0. The summed E-state index contributed by atoms with van der Waals surface area (Å²) < 4.78 is 1.86. The first-order chi connectivity index (χ1) is 13.5. The molecule has 1 heterocycles. The molecule has 0 bridgehead atoms. The minimum Gasteiger partial charge on any atom is -0.340 e. The third-order valence-corrected chi connectivity index (χ3v) is 5.15. The highest BCUT2D eigenvalue weighted by Crippen LogP contribution is 2.14. The van der Waals surface area contributed by atoms with E-state index in [4.69, 9.17) is 0 Å². The zero-order chi connectivity index (χ0) is 20.1. The molecule has 2 aromatic carbocycles. The number of hydrogen-bond acceptors (Lipinski definition) is 3. The Morgan fingerprint density at radius 1 is 1.04 bits per heavy atom. The predicted molar refractivity (Wildman–Crippen MR) is 112 cm³/mol. The Morgan fingerprint density at radius 2 is 1.71 bits per heavy atom. The van der Waals surface area contributed by atoms with Gasteiger partial charge in [-0.25, -0.2) is 4.68 Å². The van der Waals surface area contributed by atoms with Crippen LogP contribution in [0.4, 0.5) is 0 Å². The summed E-state index contributed by atoms with van der Waals surface area (Å²) in [6.07, 6.45) is 3.87. The topological polar surface area (TPSA) is 41.4 Å². The zero-order valence-electron chi connectivity index (χ0n) is 17.0. The number of para-hydroxylation sites is 1. The minimum atomic E-state index is -0.214. The van der Waals surface area contributed by atoms with Crippen molar-refractivity contribution in [2.24, 2.45) is 0 Å².